The van der Waals surface area contributed by atoms with E-state index in [1.807, 2.05) is 23.6 Å². The van der Waals surface area contributed by atoms with Crippen LogP contribution < -0.4 is 21.3 Å². The Morgan fingerprint density at radius 3 is 1.82 bits per heavy atom. The van der Waals surface area contributed by atoms with Crippen molar-refractivity contribution >= 4 is 51.9 Å². The maximum absolute atomic E-state index is 12.6. The lowest BCUT2D eigenvalue weighted by Crippen LogP contribution is -2.19. The molecule has 1 heterocycles. The molecule has 0 aliphatic heterocycles. The molecule has 3 aromatic carbocycles. The summed E-state index contributed by atoms with van der Waals surface area (Å²) in [4.78, 5) is 37.6. The van der Waals surface area contributed by atoms with Crippen LogP contribution >= 0.6 is 11.3 Å². The second kappa shape index (κ2) is 10.3. The molecule has 0 fully saturated rings. The number of urea groups is 1. The Hall–Kier alpha value is -4.43. The van der Waals surface area contributed by atoms with E-state index in [4.69, 9.17) is 0 Å². The molecule has 0 aliphatic rings. The standard InChI is InChI=1S/C25H20N4O3S/c30-23(17-6-4-9-21(16-17)27-24(31)22-10-5-15-33-22)26-19-11-13-20(14-12-19)29-25(32)28-18-7-2-1-3-8-18/h1-16H,(H,26,30)(H,27,31)(H2,28,29,32). The second-order valence-electron chi connectivity index (χ2n) is 6.99. The van der Waals surface area contributed by atoms with Gasteiger partial charge in [-0.3, -0.25) is 9.59 Å². The highest BCUT2D eigenvalue weighted by molar-refractivity contribution is 7.12. The lowest BCUT2D eigenvalue weighted by molar-refractivity contribution is 0.101. The number of amides is 4. The van der Waals surface area contributed by atoms with Crippen LogP contribution in [0.5, 0.6) is 0 Å². The number of thiophene rings is 1. The summed E-state index contributed by atoms with van der Waals surface area (Å²) in [5, 5.41) is 12.9. The smallest absolute Gasteiger partial charge is 0.322 e. The van der Waals surface area contributed by atoms with Crippen molar-refractivity contribution < 1.29 is 14.4 Å². The number of rotatable bonds is 6. The van der Waals surface area contributed by atoms with Crippen LogP contribution in [0.4, 0.5) is 27.5 Å². The van der Waals surface area contributed by atoms with Crippen LogP contribution in [0.15, 0.2) is 96.4 Å². The molecule has 33 heavy (non-hydrogen) atoms. The molecule has 0 spiro atoms. The Morgan fingerprint density at radius 2 is 1.15 bits per heavy atom. The van der Waals surface area contributed by atoms with Gasteiger partial charge in [-0.2, -0.15) is 0 Å². The van der Waals surface area contributed by atoms with Crippen molar-refractivity contribution in [2.75, 3.05) is 21.3 Å². The summed E-state index contributed by atoms with van der Waals surface area (Å²) < 4.78 is 0. The molecule has 4 amide bonds. The third-order valence-electron chi connectivity index (χ3n) is 4.56. The fourth-order valence-electron chi connectivity index (χ4n) is 2.99. The third-order valence-corrected chi connectivity index (χ3v) is 5.43. The van der Waals surface area contributed by atoms with E-state index in [9.17, 15) is 14.4 Å². The Balaban J connectivity index is 1.34. The number of carbonyl (C=O) groups is 3. The zero-order chi connectivity index (χ0) is 23.0. The predicted octanol–water partition coefficient (Wildman–Crippen LogP) is 5.90. The zero-order valence-electron chi connectivity index (χ0n) is 17.4. The predicted molar refractivity (Wildman–Crippen MR) is 132 cm³/mol. The largest absolute Gasteiger partial charge is 0.323 e. The van der Waals surface area contributed by atoms with Crippen LogP contribution in [0.1, 0.15) is 20.0 Å². The molecule has 4 rings (SSSR count). The summed E-state index contributed by atoms with van der Waals surface area (Å²) in [6.45, 7) is 0. The molecule has 1 aromatic heterocycles. The molecule has 0 atom stereocenters. The molecule has 0 saturated carbocycles. The maximum Gasteiger partial charge on any atom is 0.323 e. The molecule has 0 bridgehead atoms. The van der Waals surface area contributed by atoms with Crippen molar-refractivity contribution in [3.8, 4) is 0 Å². The van der Waals surface area contributed by atoms with Crippen LogP contribution in [0.3, 0.4) is 0 Å². The Kier molecular flexibility index (Phi) is 6.77. The Labute approximate surface area is 194 Å². The molecule has 8 heteroatoms. The van der Waals surface area contributed by atoms with E-state index in [0.29, 0.717) is 33.2 Å². The molecule has 7 nitrogen and oxygen atoms in total. The van der Waals surface area contributed by atoms with Gasteiger partial charge in [0.05, 0.1) is 4.88 Å². The van der Waals surface area contributed by atoms with E-state index >= 15 is 0 Å². The van der Waals surface area contributed by atoms with Crippen molar-refractivity contribution in [3.05, 3.63) is 107 Å². The van der Waals surface area contributed by atoms with Crippen molar-refractivity contribution in [1.82, 2.24) is 0 Å². The number of anilines is 4. The normalized spacial score (nSPS) is 10.2. The Morgan fingerprint density at radius 1 is 0.545 bits per heavy atom. The first kappa shape index (κ1) is 21.8. The van der Waals surface area contributed by atoms with E-state index in [0.717, 1.165) is 0 Å². The van der Waals surface area contributed by atoms with Crippen LogP contribution in [0.2, 0.25) is 0 Å². The monoisotopic (exact) mass is 456 g/mol. The molecule has 4 N–H and O–H groups in total. The van der Waals surface area contributed by atoms with Crippen molar-refractivity contribution in [3.63, 3.8) is 0 Å². The quantitative estimate of drug-likeness (QED) is 0.291. The van der Waals surface area contributed by atoms with Gasteiger partial charge < -0.3 is 21.3 Å². The lowest BCUT2D eigenvalue weighted by atomic mass is 10.1. The van der Waals surface area contributed by atoms with Gasteiger partial charge in [0.1, 0.15) is 0 Å². The van der Waals surface area contributed by atoms with Crippen LogP contribution in [0.25, 0.3) is 0 Å². The molecule has 0 aliphatic carbocycles. The van der Waals surface area contributed by atoms with Gasteiger partial charge in [0.15, 0.2) is 0 Å². The van der Waals surface area contributed by atoms with Crippen molar-refractivity contribution in [1.29, 1.82) is 0 Å². The first-order valence-corrected chi connectivity index (χ1v) is 10.9. The van der Waals surface area contributed by atoms with E-state index in [1.54, 1.807) is 72.8 Å². The van der Waals surface area contributed by atoms with Crippen molar-refractivity contribution in [2.45, 2.75) is 0 Å². The second-order valence-corrected chi connectivity index (χ2v) is 7.94. The minimum Gasteiger partial charge on any atom is -0.322 e. The summed E-state index contributed by atoms with van der Waals surface area (Å²) in [6, 6.07) is 25.8. The van der Waals surface area contributed by atoms with Gasteiger partial charge in [-0.25, -0.2) is 4.79 Å². The number of nitrogens with one attached hydrogen (secondary N) is 4. The highest BCUT2D eigenvalue weighted by Crippen LogP contribution is 2.18. The van der Waals surface area contributed by atoms with Crippen molar-refractivity contribution in [2.24, 2.45) is 0 Å². The van der Waals surface area contributed by atoms with Crippen LogP contribution in [-0.4, -0.2) is 17.8 Å². The summed E-state index contributed by atoms with van der Waals surface area (Å²) in [6.07, 6.45) is 0. The van der Waals surface area contributed by atoms with Gasteiger partial charge in [-0.15, -0.1) is 11.3 Å². The van der Waals surface area contributed by atoms with E-state index in [2.05, 4.69) is 21.3 Å². The van der Waals surface area contributed by atoms with Crippen LogP contribution in [0, 0.1) is 0 Å². The topological polar surface area (TPSA) is 99.3 Å². The molecule has 4 aromatic rings. The van der Waals surface area contributed by atoms with Gasteiger partial charge in [0, 0.05) is 28.3 Å². The highest BCUT2D eigenvalue weighted by Gasteiger charge is 2.11. The minimum atomic E-state index is -0.362. The molecule has 0 unspecified atom stereocenters. The average molecular weight is 457 g/mol. The van der Waals surface area contributed by atoms with E-state index in [-0.39, 0.29) is 17.8 Å². The van der Waals surface area contributed by atoms with Crippen LogP contribution in [-0.2, 0) is 0 Å². The van der Waals surface area contributed by atoms with Gasteiger partial charge in [-0.05, 0) is 66.0 Å². The highest BCUT2D eigenvalue weighted by atomic mass is 32.1. The number of hydrogen-bond donors (Lipinski definition) is 4. The maximum atomic E-state index is 12.6. The Bertz CT molecular complexity index is 1260. The van der Waals surface area contributed by atoms with E-state index < -0.39 is 0 Å². The zero-order valence-corrected chi connectivity index (χ0v) is 18.2. The van der Waals surface area contributed by atoms with Gasteiger partial charge in [0.2, 0.25) is 0 Å². The molecular weight excluding hydrogens is 436 g/mol. The summed E-state index contributed by atoms with van der Waals surface area (Å²) in [5.41, 5.74) is 2.78. The summed E-state index contributed by atoms with van der Waals surface area (Å²) >= 11 is 1.35. The average Bonchev–Trinajstić information content (AvgIpc) is 3.36. The molecular formula is C25H20N4O3S. The number of para-hydroxylation sites is 1. The summed E-state index contributed by atoms with van der Waals surface area (Å²) in [5.74, 6) is -0.535. The summed E-state index contributed by atoms with van der Waals surface area (Å²) in [7, 11) is 0. The first-order chi connectivity index (χ1) is 16.1. The molecule has 0 radical (unpaired) electrons. The fourth-order valence-corrected chi connectivity index (χ4v) is 3.61. The fraction of sp³-hybridized carbons (Fsp3) is 0. The number of hydrogen-bond acceptors (Lipinski definition) is 4. The third kappa shape index (κ3) is 6.05. The molecule has 164 valence electrons. The molecule has 0 saturated heterocycles. The first-order valence-electron chi connectivity index (χ1n) is 10.1. The SMILES string of the molecule is O=C(Nc1ccccc1)Nc1ccc(NC(=O)c2cccc(NC(=O)c3cccs3)c2)cc1. The van der Waals surface area contributed by atoms with E-state index in [1.165, 1.54) is 11.3 Å². The van der Waals surface area contributed by atoms with Gasteiger partial charge >= 0.3 is 6.03 Å². The van der Waals surface area contributed by atoms with Gasteiger partial charge in [-0.1, -0.05) is 30.3 Å². The lowest BCUT2D eigenvalue weighted by Gasteiger charge is -2.10. The minimum absolute atomic E-state index is 0.220. The van der Waals surface area contributed by atoms with Gasteiger partial charge in [0.25, 0.3) is 11.8 Å². The number of carbonyl (C=O) groups excluding carboxylic acids is 3. The number of benzene rings is 3.